The summed E-state index contributed by atoms with van der Waals surface area (Å²) in [7, 11) is 0.127. The molecule has 0 bridgehead atoms. The highest BCUT2D eigenvalue weighted by Crippen LogP contribution is 2.32. The number of aromatic nitrogens is 2. The van der Waals surface area contributed by atoms with Crippen molar-refractivity contribution in [1.82, 2.24) is 9.78 Å². The van der Waals surface area contributed by atoms with Crippen molar-refractivity contribution in [2.75, 3.05) is 31.0 Å². The lowest BCUT2D eigenvalue weighted by Crippen LogP contribution is -2.14. The second-order valence-corrected chi connectivity index (χ2v) is 6.57. The zero-order valence-corrected chi connectivity index (χ0v) is 12.5. The Hall–Kier alpha value is -1.24. The summed E-state index contributed by atoms with van der Waals surface area (Å²) in [5.74, 6) is 0.636. The fourth-order valence-electron chi connectivity index (χ4n) is 1.98. The van der Waals surface area contributed by atoms with Crippen LogP contribution < -0.4 is 10.6 Å². The number of rotatable bonds is 5. The van der Waals surface area contributed by atoms with Gasteiger partial charge in [-0.1, -0.05) is 13.8 Å². The number of nitrogens with zero attached hydrogens (tertiary/aromatic N) is 3. The molecule has 0 aliphatic carbocycles. The van der Waals surface area contributed by atoms with Gasteiger partial charge in [0.1, 0.15) is 5.82 Å². The summed E-state index contributed by atoms with van der Waals surface area (Å²) in [5, 5.41) is 4.36. The second kappa shape index (κ2) is 5.17. The van der Waals surface area contributed by atoms with Gasteiger partial charge < -0.3 is 10.6 Å². The molecule has 0 amide bonds. The van der Waals surface area contributed by atoms with Crippen molar-refractivity contribution in [3.63, 3.8) is 0 Å². The summed E-state index contributed by atoms with van der Waals surface area (Å²) in [6, 6.07) is 0.124. The molecule has 0 atom stereocenters. The molecule has 0 spiro atoms. The minimum absolute atomic E-state index is 0.124. The fourth-order valence-corrected chi connectivity index (χ4v) is 3.01. The molecule has 0 radical (unpaired) electrons. The molecule has 2 N–H and O–H groups in total. The number of hydrogen-bond donors (Lipinski definition) is 1. The molecule has 0 unspecified atom stereocenters. The average Bonchev–Trinajstić information content (AvgIpc) is 2.58. The van der Waals surface area contributed by atoms with Crippen LogP contribution in [-0.2, 0) is 9.84 Å². The van der Waals surface area contributed by atoms with Crippen molar-refractivity contribution < 1.29 is 8.42 Å². The van der Waals surface area contributed by atoms with Crippen molar-refractivity contribution in [1.29, 1.82) is 0 Å². The molecule has 1 rings (SSSR count). The van der Waals surface area contributed by atoms with E-state index in [1.54, 1.807) is 23.7 Å². The van der Waals surface area contributed by atoms with Crippen LogP contribution in [0.2, 0.25) is 0 Å². The molecule has 0 saturated carbocycles. The van der Waals surface area contributed by atoms with Crippen LogP contribution in [0.4, 0.5) is 11.6 Å². The maximum atomic E-state index is 11.8. The van der Waals surface area contributed by atoms with E-state index in [4.69, 9.17) is 5.73 Å². The Labute approximate surface area is 109 Å². The largest absolute Gasteiger partial charge is 0.383 e. The Bertz CT molecular complexity index is 515. The fraction of sp³-hybridized carbons (Fsp3) is 0.727. The van der Waals surface area contributed by atoms with E-state index in [1.807, 2.05) is 13.8 Å². The van der Waals surface area contributed by atoms with E-state index in [0.717, 1.165) is 19.1 Å². The molecule has 1 heterocycles. The quantitative estimate of drug-likeness (QED) is 0.875. The van der Waals surface area contributed by atoms with Gasteiger partial charge in [-0.2, -0.15) is 5.10 Å². The molecule has 7 heteroatoms. The first-order valence-corrected chi connectivity index (χ1v) is 7.88. The Kier molecular flexibility index (Phi) is 4.26. The summed E-state index contributed by atoms with van der Waals surface area (Å²) in [5.41, 5.74) is 5.97. The van der Waals surface area contributed by atoms with E-state index in [0.29, 0.717) is 5.82 Å². The summed E-state index contributed by atoms with van der Waals surface area (Å²) in [6.07, 6.45) is 2.88. The minimum Gasteiger partial charge on any atom is -0.383 e. The van der Waals surface area contributed by atoms with Gasteiger partial charge in [0.2, 0.25) is 0 Å². The van der Waals surface area contributed by atoms with Crippen LogP contribution in [0.15, 0.2) is 4.90 Å². The van der Waals surface area contributed by atoms with Crippen LogP contribution in [0.3, 0.4) is 0 Å². The first-order chi connectivity index (χ1) is 8.23. The van der Waals surface area contributed by atoms with Crippen molar-refractivity contribution in [2.45, 2.75) is 37.6 Å². The molecule has 6 nitrogen and oxygen atoms in total. The molecule has 0 aliphatic rings. The van der Waals surface area contributed by atoms with Crippen molar-refractivity contribution in [3.8, 4) is 0 Å². The van der Waals surface area contributed by atoms with Gasteiger partial charge in [0, 0.05) is 20.4 Å². The third kappa shape index (κ3) is 2.60. The average molecular weight is 274 g/mol. The van der Waals surface area contributed by atoms with Gasteiger partial charge in [0.05, 0.1) is 6.04 Å². The summed E-state index contributed by atoms with van der Waals surface area (Å²) in [6.45, 7) is 4.06. The van der Waals surface area contributed by atoms with E-state index in [9.17, 15) is 8.42 Å². The predicted molar refractivity (Wildman–Crippen MR) is 73.7 cm³/mol. The topological polar surface area (TPSA) is 81.2 Å². The normalized spacial score (nSPS) is 12.1. The third-order valence-corrected chi connectivity index (χ3v) is 4.10. The van der Waals surface area contributed by atoms with E-state index < -0.39 is 9.84 Å². The van der Waals surface area contributed by atoms with Gasteiger partial charge in [0.15, 0.2) is 20.6 Å². The highest BCUT2D eigenvalue weighted by atomic mass is 32.2. The smallest absolute Gasteiger partial charge is 0.182 e. The van der Waals surface area contributed by atoms with Crippen LogP contribution in [-0.4, -0.2) is 38.5 Å². The van der Waals surface area contributed by atoms with Crippen LogP contribution in [0.1, 0.15) is 32.7 Å². The minimum atomic E-state index is -3.39. The van der Waals surface area contributed by atoms with E-state index in [1.165, 1.54) is 0 Å². The Morgan fingerprint density at radius 2 is 1.83 bits per heavy atom. The molecule has 18 heavy (non-hydrogen) atoms. The van der Waals surface area contributed by atoms with Crippen LogP contribution in [0.5, 0.6) is 0 Å². The van der Waals surface area contributed by atoms with E-state index >= 15 is 0 Å². The van der Waals surface area contributed by atoms with E-state index in [2.05, 4.69) is 5.10 Å². The maximum absolute atomic E-state index is 11.8. The van der Waals surface area contributed by atoms with Crippen LogP contribution in [0, 0.1) is 0 Å². The zero-order valence-electron chi connectivity index (χ0n) is 11.6. The monoisotopic (exact) mass is 274 g/mol. The standard InChI is InChI=1S/C11H22N4O2S/c1-6-8(7-2)15-10(12)9(18(5,16)17)11(13-15)14(3)4/h8H,6-7,12H2,1-5H3. The number of anilines is 2. The Morgan fingerprint density at radius 1 is 1.33 bits per heavy atom. The number of hydrogen-bond acceptors (Lipinski definition) is 5. The Balaban J connectivity index is 3.52. The summed E-state index contributed by atoms with van der Waals surface area (Å²) < 4.78 is 25.3. The highest BCUT2D eigenvalue weighted by molar-refractivity contribution is 7.91. The molecular weight excluding hydrogens is 252 g/mol. The molecule has 0 aromatic carbocycles. The second-order valence-electron chi connectivity index (χ2n) is 4.62. The van der Waals surface area contributed by atoms with Gasteiger partial charge in [0.25, 0.3) is 0 Å². The van der Waals surface area contributed by atoms with Gasteiger partial charge in [-0.05, 0) is 12.8 Å². The lowest BCUT2D eigenvalue weighted by Gasteiger charge is -2.14. The predicted octanol–water partition coefficient (Wildman–Crippen LogP) is 1.30. The molecule has 0 aliphatic heterocycles. The molecule has 1 aromatic rings. The molecule has 0 fully saturated rings. The third-order valence-electron chi connectivity index (χ3n) is 2.97. The first-order valence-electron chi connectivity index (χ1n) is 5.99. The molecular formula is C11H22N4O2S. The number of nitrogens with two attached hydrogens (primary N) is 1. The van der Waals surface area contributed by atoms with Crippen LogP contribution in [0.25, 0.3) is 0 Å². The lowest BCUT2D eigenvalue weighted by atomic mass is 10.2. The van der Waals surface area contributed by atoms with Gasteiger partial charge in [-0.15, -0.1) is 0 Å². The summed E-state index contributed by atoms with van der Waals surface area (Å²) in [4.78, 5) is 1.80. The molecule has 1 aromatic heterocycles. The van der Waals surface area contributed by atoms with Crippen molar-refractivity contribution in [3.05, 3.63) is 0 Å². The molecule has 104 valence electrons. The van der Waals surface area contributed by atoms with Gasteiger partial charge in [-0.3, -0.25) is 0 Å². The summed E-state index contributed by atoms with van der Waals surface area (Å²) >= 11 is 0. The SMILES string of the molecule is CCC(CC)n1nc(N(C)C)c(S(C)(=O)=O)c1N. The van der Waals surface area contributed by atoms with Gasteiger partial charge in [-0.25, -0.2) is 13.1 Å². The van der Waals surface area contributed by atoms with Crippen molar-refractivity contribution >= 4 is 21.5 Å². The number of nitrogen functional groups attached to an aromatic ring is 1. The first kappa shape index (κ1) is 14.8. The van der Waals surface area contributed by atoms with Crippen molar-refractivity contribution in [2.24, 2.45) is 0 Å². The molecule has 0 saturated heterocycles. The van der Waals surface area contributed by atoms with Crippen LogP contribution >= 0.6 is 0 Å². The number of sulfone groups is 1. The van der Waals surface area contributed by atoms with E-state index in [-0.39, 0.29) is 16.8 Å². The lowest BCUT2D eigenvalue weighted by molar-refractivity contribution is 0.434. The van der Waals surface area contributed by atoms with Gasteiger partial charge >= 0.3 is 0 Å². The zero-order chi connectivity index (χ0) is 14.1. The highest BCUT2D eigenvalue weighted by Gasteiger charge is 2.27. The Morgan fingerprint density at radius 3 is 2.11 bits per heavy atom. The maximum Gasteiger partial charge on any atom is 0.182 e.